The molecule has 1 aromatic carbocycles. The van der Waals surface area contributed by atoms with Crippen molar-refractivity contribution in [3.05, 3.63) is 53.6 Å². The lowest BCUT2D eigenvalue weighted by Gasteiger charge is -2.43. The molecule has 0 spiro atoms. The molecule has 2 unspecified atom stereocenters. The normalized spacial score (nSPS) is 28.4. The zero-order valence-electron chi connectivity index (χ0n) is 13.8. The van der Waals surface area contributed by atoms with Gasteiger partial charge in [-0.15, -0.1) is 0 Å². The van der Waals surface area contributed by atoms with E-state index in [1.54, 1.807) is 21.9 Å². The van der Waals surface area contributed by atoms with Gasteiger partial charge in [0.15, 0.2) is 0 Å². The third-order valence-corrected chi connectivity index (χ3v) is 5.42. The van der Waals surface area contributed by atoms with Gasteiger partial charge >= 0.3 is 0 Å². The summed E-state index contributed by atoms with van der Waals surface area (Å²) in [7, 11) is 1.81. The number of rotatable bonds is 2. The minimum absolute atomic E-state index is 0.257. The summed E-state index contributed by atoms with van der Waals surface area (Å²) in [5, 5.41) is 11.1. The summed E-state index contributed by atoms with van der Waals surface area (Å²) in [4.78, 5) is 18.6. The minimum Gasteiger partial charge on any atom is -0.382 e. The molecule has 132 valence electrons. The smallest absolute Gasteiger partial charge is 0.260 e. The Hall–Kier alpha value is -2.28. The first-order valence-corrected chi connectivity index (χ1v) is 8.37. The lowest BCUT2D eigenvalue weighted by molar-refractivity contribution is -0.0556. The zero-order chi connectivity index (χ0) is 17.8. The predicted octanol–water partition coefficient (Wildman–Crippen LogP) is 2.35. The Morgan fingerprint density at radius 2 is 1.84 bits per heavy atom. The van der Waals surface area contributed by atoms with Crippen molar-refractivity contribution in [1.82, 2.24) is 14.5 Å². The first kappa shape index (κ1) is 16.2. The van der Waals surface area contributed by atoms with Crippen molar-refractivity contribution in [3.8, 4) is 0 Å². The lowest BCUT2D eigenvalue weighted by Crippen LogP contribution is -2.53. The van der Waals surface area contributed by atoms with E-state index in [4.69, 9.17) is 0 Å². The molecule has 5 nitrogen and oxygen atoms in total. The van der Waals surface area contributed by atoms with Gasteiger partial charge in [-0.2, -0.15) is 0 Å². The summed E-state index contributed by atoms with van der Waals surface area (Å²) in [6.07, 6.45) is 5.44. The highest BCUT2D eigenvalue weighted by atomic mass is 19.1. The van der Waals surface area contributed by atoms with Crippen LogP contribution in [0, 0.1) is 11.6 Å². The summed E-state index contributed by atoms with van der Waals surface area (Å²) >= 11 is 0. The number of halogens is 2. The maximum absolute atomic E-state index is 14.0. The summed E-state index contributed by atoms with van der Waals surface area (Å²) in [5.74, 6) is -1.78. The van der Waals surface area contributed by atoms with Crippen LogP contribution in [0.4, 0.5) is 8.78 Å². The average molecular weight is 347 g/mol. The molecule has 25 heavy (non-hydrogen) atoms. The Labute approximate surface area is 143 Å². The molecule has 0 radical (unpaired) electrons. The topological polar surface area (TPSA) is 58.4 Å². The van der Waals surface area contributed by atoms with E-state index < -0.39 is 28.7 Å². The van der Waals surface area contributed by atoms with Crippen LogP contribution in [0.25, 0.3) is 0 Å². The maximum atomic E-state index is 14.0. The largest absolute Gasteiger partial charge is 0.382 e. The molecule has 1 amide bonds. The van der Waals surface area contributed by atoms with Crippen LogP contribution in [-0.2, 0) is 12.6 Å². The molecule has 0 aliphatic carbocycles. The number of amides is 1. The molecular formula is C18H19F2N3O2. The fraction of sp³-hybridized carbons (Fsp3) is 0.444. The first-order valence-electron chi connectivity index (χ1n) is 8.37. The van der Waals surface area contributed by atoms with Crippen LogP contribution >= 0.6 is 0 Å². The Morgan fingerprint density at radius 1 is 1.24 bits per heavy atom. The number of fused-ring (bicyclic) bond motifs is 2. The van der Waals surface area contributed by atoms with E-state index in [1.807, 2.05) is 7.05 Å². The number of piperidine rings is 1. The van der Waals surface area contributed by atoms with E-state index in [0.29, 0.717) is 31.5 Å². The van der Waals surface area contributed by atoms with Gasteiger partial charge in [-0.05, 0) is 25.0 Å². The Bertz CT molecular complexity index is 801. The van der Waals surface area contributed by atoms with Crippen molar-refractivity contribution in [2.75, 3.05) is 0 Å². The second-order valence-corrected chi connectivity index (χ2v) is 7.00. The number of aryl methyl sites for hydroxylation is 1. The molecule has 3 heterocycles. The van der Waals surface area contributed by atoms with Gasteiger partial charge in [0.1, 0.15) is 28.6 Å². The van der Waals surface area contributed by atoms with Crippen LogP contribution < -0.4 is 0 Å². The zero-order valence-corrected chi connectivity index (χ0v) is 13.8. The van der Waals surface area contributed by atoms with Gasteiger partial charge in [0.2, 0.25) is 0 Å². The van der Waals surface area contributed by atoms with Gasteiger partial charge in [0.05, 0.1) is 0 Å². The molecule has 2 bridgehead atoms. The number of hydrogen-bond acceptors (Lipinski definition) is 3. The highest BCUT2D eigenvalue weighted by Gasteiger charge is 2.52. The van der Waals surface area contributed by atoms with Crippen molar-refractivity contribution in [3.63, 3.8) is 0 Å². The molecule has 7 heteroatoms. The summed E-state index contributed by atoms with van der Waals surface area (Å²) in [6.45, 7) is 0. The fourth-order valence-corrected chi connectivity index (χ4v) is 4.38. The highest BCUT2D eigenvalue weighted by molar-refractivity contribution is 5.95. The van der Waals surface area contributed by atoms with Crippen LogP contribution in [-0.4, -0.2) is 37.5 Å². The van der Waals surface area contributed by atoms with Crippen molar-refractivity contribution in [2.45, 2.75) is 43.4 Å². The summed E-state index contributed by atoms with van der Waals surface area (Å²) < 4.78 is 29.8. The molecule has 2 fully saturated rings. The predicted molar refractivity (Wildman–Crippen MR) is 85.7 cm³/mol. The third-order valence-electron chi connectivity index (χ3n) is 5.42. The van der Waals surface area contributed by atoms with Crippen molar-refractivity contribution >= 4 is 5.91 Å². The van der Waals surface area contributed by atoms with E-state index in [-0.39, 0.29) is 12.1 Å². The van der Waals surface area contributed by atoms with Crippen LogP contribution in [0.1, 0.15) is 41.9 Å². The standard InChI is InChI=1S/C18H19F2N3O2/c1-22-8-7-21-17(22)18(25)9-11-5-6-12(10-18)23(11)16(24)15-13(19)3-2-4-14(15)20/h2-4,7-8,11-12,25H,5-6,9-10H2,1H3. The molecule has 2 aliphatic rings. The van der Waals surface area contributed by atoms with Gasteiger partial charge in [-0.3, -0.25) is 4.79 Å². The van der Waals surface area contributed by atoms with Gasteiger partial charge in [0.25, 0.3) is 5.91 Å². The number of aromatic nitrogens is 2. The van der Waals surface area contributed by atoms with E-state index in [1.165, 1.54) is 6.07 Å². The van der Waals surface area contributed by atoms with Crippen LogP contribution in [0.3, 0.4) is 0 Å². The highest BCUT2D eigenvalue weighted by Crippen LogP contribution is 2.45. The number of benzene rings is 1. The third kappa shape index (κ3) is 2.45. The summed E-state index contributed by atoms with van der Waals surface area (Å²) in [5.41, 5.74) is -1.64. The lowest BCUT2D eigenvalue weighted by atomic mass is 9.84. The van der Waals surface area contributed by atoms with Crippen molar-refractivity contribution < 1.29 is 18.7 Å². The van der Waals surface area contributed by atoms with E-state index in [9.17, 15) is 18.7 Å². The molecule has 2 aromatic rings. The number of imidazole rings is 1. The SMILES string of the molecule is Cn1ccnc1C1(O)CC2CCC(C1)N2C(=O)c1c(F)cccc1F. The van der Waals surface area contributed by atoms with Crippen molar-refractivity contribution in [1.29, 1.82) is 0 Å². The van der Waals surface area contributed by atoms with Gasteiger partial charge in [-0.1, -0.05) is 6.07 Å². The monoisotopic (exact) mass is 347 g/mol. The number of hydrogen-bond donors (Lipinski definition) is 1. The number of nitrogens with zero attached hydrogens (tertiary/aromatic N) is 3. The van der Waals surface area contributed by atoms with E-state index in [0.717, 1.165) is 12.1 Å². The number of carbonyl (C=O) groups is 1. The van der Waals surface area contributed by atoms with Gasteiger partial charge < -0.3 is 14.6 Å². The summed E-state index contributed by atoms with van der Waals surface area (Å²) in [6, 6.07) is 2.91. The average Bonchev–Trinajstić information content (AvgIpc) is 3.10. The Balaban J connectivity index is 1.65. The van der Waals surface area contributed by atoms with Gasteiger partial charge in [-0.25, -0.2) is 13.8 Å². The molecule has 2 saturated heterocycles. The Kier molecular flexibility index (Phi) is 3.64. The van der Waals surface area contributed by atoms with E-state index in [2.05, 4.69) is 4.98 Å². The first-order chi connectivity index (χ1) is 11.9. The van der Waals surface area contributed by atoms with E-state index >= 15 is 0 Å². The molecule has 1 aromatic heterocycles. The number of carbonyl (C=O) groups excluding carboxylic acids is 1. The van der Waals surface area contributed by atoms with Crippen molar-refractivity contribution in [2.24, 2.45) is 7.05 Å². The van der Waals surface area contributed by atoms with Crippen LogP contribution in [0.15, 0.2) is 30.6 Å². The second kappa shape index (κ2) is 5.62. The number of aliphatic hydroxyl groups is 1. The van der Waals surface area contributed by atoms with Gasteiger partial charge in [0, 0.05) is 44.4 Å². The Morgan fingerprint density at radius 3 is 2.36 bits per heavy atom. The molecule has 1 N–H and O–H groups in total. The molecule has 4 rings (SSSR count). The maximum Gasteiger partial charge on any atom is 0.260 e. The minimum atomic E-state index is -1.13. The second-order valence-electron chi connectivity index (χ2n) is 7.00. The molecule has 2 aliphatic heterocycles. The van der Waals surface area contributed by atoms with Crippen LogP contribution in [0.5, 0.6) is 0 Å². The molecule has 0 saturated carbocycles. The fourth-order valence-electron chi connectivity index (χ4n) is 4.38. The molecular weight excluding hydrogens is 328 g/mol. The quantitative estimate of drug-likeness (QED) is 0.907. The molecule has 2 atom stereocenters. The van der Waals surface area contributed by atoms with Crippen LogP contribution in [0.2, 0.25) is 0 Å².